The molecule has 1 saturated carbocycles. The fourth-order valence-electron chi connectivity index (χ4n) is 4.03. The smallest absolute Gasteiger partial charge is 0.285 e. The second-order valence-corrected chi connectivity index (χ2v) is 11.9. The average molecular weight is 496 g/mol. The van der Waals surface area contributed by atoms with E-state index < -0.39 is 26.3 Å². The molecule has 0 heterocycles. The molecule has 1 fully saturated rings. The number of amides is 1. The molecule has 2 atom stereocenters. The number of nitrogens with zero attached hydrogens (tertiary/aromatic N) is 2. The van der Waals surface area contributed by atoms with E-state index in [4.69, 9.17) is 4.74 Å². The van der Waals surface area contributed by atoms with Gasteiger partial charge in [-0.05, 0) is 44.7 Å². The Morgan fingerprint density at radius 1 is 1.12 bits per heavy atom. The minimum absolute atomic E-state index is 0.0261. The third-order valence-corrected chi connectivity index (χ3v) is 7.27. The van der Waals surface area contributed by atoms with Crippen LogP contribution in [-0.2, 0) is 19.6 Å². The maximum absolute atomic E-state index is 13.1. The van der Waals surface area contributed by atoms with E-state index in [0.29, 0.717) is 0 Å². The lowest BCUT2D eigenvalue weighted by molar-refractivity contribution is -0.384. The Hall–Kier alpha value is -2.49. The highest BCUT2D eigenvalue weighted by molar-refractivity contribution is 7.90. The fraction of sp³-hybridized carbons (Fsp3) is 0.667. The van der Waals surface area contributed by atoms with E-state index in [2.05, 4.69) is 9.71 Å². The summed E-state index contributed by atoms with van der Waals surface area (Å²) in [6.45, 7) is 10.9. The second-order valence-electron chi connectivity index (χ2n) is 10.3. The lowest BCUT2D eigenvalue weighted by Gasteiger charge is -2.37. The van der Waals surface area contributed by atoms with Crippen LogP contribution < -0.4 is 5.32 Å². The van der Waals surface area contributed by atoms with Gasteiger partial charge in [-0.25, -0.2) is 0 Å². The van der Waals surface area contributed by atoms with Crippen molar-refractivity contribution in [3.63, 3.8) is 0 Å². The third-order valence-electron chi connectivity index (χ3n) is 5.98. The zero-order chi connectivity index (χ0) is 25.7. The first-order valence-corrected chi connectivity index (χ1v) is 13.2. The van der Waals surface area contributed by atoms with Crippen molar-refractivity contribution in [1.29, 1.82) is 0 Å². The highest BCUT2D eigenvalue weighted by Crippen LogP contribution is 2.32. The number of benzene rings is 1. The van der Waals surface area contributed by atoms with E-state index in [-0.39, 0.29) is 40.5 Å². The van der Waals surface area contributed by atoms with E-state index in [1.165, 1.54) is 0 Å². The number of hydrogen-bond acceptors (Lipinski definition) is 6. The third kappa shape index (κ3) is 7.51. The molecule has 0 aliphatic heterocycles. The molecule has 1 amide bonds. The first-order valence-electron chi connectivity index (χ1n) is 11.8. The molecule has 2 rings (SSSR count). The van der Waals surface area contributed by atoms with Crippen LogP contribution in [0, 0.1) is 27.4 Å². The number of sulfonamides is 1. The number of carbonyl (C=O) groups excluding carboxylic acids is 1. The summed E-state index contributed by atoms with van der Waals surface area (Å²) in [6.07, 6.45) is 4.78. The topological polar surface area (TPSA) is 128 Å². The number of hydrogen-bond donors (Lipinski definition) is 1. The largest absolute Gasteiger partial charge is 0.477 e. The summed E-state index contributed by atoms with van der Waals surface area (Å²) >= 11 is 0. The van der Waals surface area contributed by atoms with Gasteiger partial charge in [0.2, 0.25) is 11.8 Å². The van der Waals surface area contributed by atoms with Crippen LogP contribution in [0.2, 0.25) is 0 Å². The zero-order valence-corrected chi connectivity index (χ0v) is 21.7. The molecule has 10 heteroatoms. The van der Waals surface area contributed by atoms with Crippen molar-refractivity contribution in [2.45, 2.75) is 90.7 Å². The molecule has 9 nitrogen and oxygen atoms in total. The minimum Gasteiger partial charge on any atom is -0.477 e. The van der Waals surface area contributed by atoms with E-state index in [9.17, 15) is 23.3 Å². The summed E-state index contributed by atoms with van der Waals surface area (Å²) in [5.74, 6) is -0.405. The maximum Gasteiger partial charge on any atom is 0.285 e. The zero-order valence-electron chi connectivity index (χ0n) is 20.9. The number of rotatable bonds is 8. The van der Waals surface area contributed by atoms with Crippen LogP contribution in [0.4, 0.5) is 5.69 Å². The molecular weight excluding hydrogens is 458 g/mol. The molecule has 0 radical (unpaired) electrons. The van der Waals surface area contributed by atoms with Crippen molar-refractivity contribution < 1.29 is 22.9 Å². The van der Waals surface area contributed by atoms with Crippen molar-refractivity contribution in [2.75, 3.05) is 0 Å². The highest BCUT2D eigenvalue weighted by Gasteiger charge is 2.36. The summed E-state index contributed by atoms with van der Waals surface area (Å²) in [4.78, 5) is 23.0. The average Bonchev–Trinajstić information content (AvgIpc) is 2.76. The number of carbonyl (C=O) groups is 1. The Labute approximate surface area is 202 Å². The molecule has 2 unspecified atom stereocenters. The molecule has 0 aromatic heterocycles. The lowest BCUT2D eigenvalue weighted by atomic mass is 9.78. The number of non-ortho nitro benzene ring substituents is 1. The number of ether oxygens (including phenoxy) is 1. The molecule has 1 N–H and O–H groups in total. The monoisotopic (exact) mass is 495 g/mol. The summed E-state index contributed by atoms with van der Waals surface area (Å²) in [5.41, 5.74) is -0.814. The van der Waals surface area contributed by atoms with Crippen LogP contribution in [0.15, 0.2) is 33.6 Å². The molecule has 1 aliphatic rings. The molecule has 34 heavy (non-hydrogen) atoms. The molecule has 0 bridgehead atoms. The van der Waals surface area contributed by atoms with Crippen LogP contribution in [0.5, 0.6) is 0 Å². The maximum atomic E-state index is 13.1. The molecule has 190 valence electrons. The van der Waals surface area contributed by atoms with E-state index in [1.54, 1.807) is 13.8 Å². The van der Waals surface area contributed by atoms with Crippen LogP contribution in [0.1, 0.15) is 73.6 Å². The summed E-state index contributed by atoms with van der Waals surface area (Å²) in [5, 5.41) is 14.1. The highest BCUT2D eigenvalue weighted by atomic mass is 32.2. The van der Waals surface area contributed by atoms with Gasteiger partial charge in [-0.3, -0.25) is 14.9 Å². The van der Waals surface area contributed by atoms with Crippen LogP contribution in [0.3, 0.4) is 0 Å². The van der Waals surface area contributed by atoms with Gasteiger partial charge >= 0.3 is 0 Å². The fourth-order valence-corrected chi connectivity index (χ4v) is 5.06. The van der Waals surface area contributed by atoms with Crippen molar-refractivity contribution in [3.8, 4) is 0 Å². The number of nitrogens with one attached hydrogen (secondary N) is 1. The molecule has 0 saturated heterocycles. The van der Waals surface area contributed by atoms with Gasteiger partial charge in [0.25, 0.3) is 15.7 Å². The van der Waals surface area contributed by atoms with Gasteiger partial charge in [-0.2, -0.15) is 8.42 Å². The summed E-state index contributed by atoms with van der Waals surface area (Å²) < 4.78 is 36.0. The van der Waals surface area contributed by atoms with Gasteiger partial charge in [0.15, 0.2) is 0 Å². The molecule has 1 aliphatic carbocycles. The van der Waals surface area contributed by atoms with E-state index >= 15 is 0 Å². The first-order chi connectivity index (χ1) is 15.7. The SMILES string of the molecule is CC(C)OC(=NS(=O)(=O)c1ccc([N+](=O)[O-])cc1)C(C)C(NC(=O)C(C)(C)C)C1CCCCC1. The van der Waals surface area contributed by atoms with Gasteiger partial charge in [-0.1, -0.05) is 47.0 Å². The molecular formula is C24H37N3O6S. The van der Waals surface area contributed by atoms with Crippen molar-refractivity contribution >= 4 is 27.5 Å². The van der Waals surface area contributed by atoms with Crippen molar-refractivity contribution in [1.82, 2.24) is 5.32 Å². The Morgan fingerprint density at radius 3 is 2.15 bits per heavy atom. The lowest BCUT2D eigenvalue weighted by Crippen LogP contribution is -2.51. The predicted molar refractivity (Wildman–Crippen MR) is 131 cm³/mol. The summed E-state index contributed by atoms with van der Waals surface area (Å²) in [6, 6.07) is 4.24. The molecule has 0 spiro atoms. The van der Waals surface area contributed by atoms with E-state index in [1.807, 2.05) is 27.7 Å². The van der Waals surface area contributed by atoms with E-state index in [0.717, 1.165) is 56.4 Å². The second kappa shape index (κ2) is 11.3. The van der Waals surface area contributed by atoms with Gasteiger partial charge in [0.05, 0.1) is 21.8 Å². The first kappa shape index (κ1) is 27.8. The van der Waals surface area contributed by atoms with Crippen molar-refractivity contribution in [3.05, 3.63) is 34.4 Å². The predicted octanol–water partition coefficient (Wildman–Crippen LogP) is 4.85. The van der Waals surface area contributed by atoms with Gasteiger partial charge < -0.3 is 10.1 Å². The van der Waals surface area contributed by atoms with Gasteiger partial charge in [-0.15, -0.1) is 4.40 Å². The number of nitro groups is 1. The normalized spacial score (nSPS) is 17.8. The minimum atomic E-state index is -4.19. The number of nitro benzene ring substituents is 1. The molecule has 1 aromatic carbocycles. The Balaban J connectivity index is 2.46. The standard InChI is InChI=1S/C24H37N3O6S/c1-16(2)33-22(26-34(31,32)20-14-12-19(13-15-20)27(29)30)17(3)21(18-10-8-7-9-11-18)25-23(28)24(4,5)6/h12-18,21H,7-11H2,1-6H3,(H,25,28). The van der Waals surface area contributed by atoms with Crippen LogP contribution in [-0.4, -0.2) is 37.3 Å². The Bertz CT molecular complexity index is 991. The van der Waals surface area contributed by atoms with Crippen LogP contribution >= 0.6 is 0 Å². The van der Waals surface area contributed by atoms with Crippen LogP contribution in [0.25, 0.3) is 0 Å². The Kier molecular flexibility index (Phi) is 9.22. The van der Waals surface area contributed by atoms with Gasteiger partial charge in [0, 0.05) is 23.6 Å². The molecule has 1 aromatic rings. The Morgan fingerprint density at radius 2 is 1.68 bits per heavy atom. The quantitative estimate of drug-likeness (QED) is 0.237. The van der Waals surface area contributed by atoms with Crippen molar-refractivity contribution in [2.24, 2.45) is 21.6 Å². The summed E-state index contributed by atoms with van der Waals surface area (Å²) in [7, 11) is -4.19. The van der Waals surface area contributed by atoms with Gasteiger partial charge in [0.1, 0.15) is 0 Å².